The van der Waals surface area contributed by atoms with Gasteiger partial charge in [-0.25, -0.2) is 4.39 Å². The molecular weight excluding hydrogens is 323 g/mol. The highest BCUT2D eigenvalue weighted by Crippen LogP contribution is 2.19. The fraction of sp³-hybridized carbons (Fsp3) is 0.0667. The van der Waals surface area contributed by atoms with E-state index in [1.165, 1.54) is 12.1 Å². The number of hydrogen-bond donors (Lipinski definition) is 1. The summed E-state index contributed by atoms with van der Waals surface area (Å²) < 4.78 is 13.7. The number of amides is 1. The van der Waals surface area contributed by atoms with Gasteiger partial charge in [-0.05, 0) is 39.7 Å². The molecule has 1 N–H and O–H groups in total. The third-order valence-corrected chi connectivity index (χ3v) is 3.40. The lowest BCUT2D eigenvalue weighted by Gasteiger charge is -2.12. The maximum absolute atomic E-state index is 13.2. The number of rotatable bonds is 3. The zero-order valence-corrected chi connectivity index (χ0v) is 11.9. The Morgan fingerprint density at radius 1 is 1.25 bits per heavy atom. The molecule has 0 radical (unpaired) electrons. The van der Waals surface area contributed by atoms with Gasteiger partial charge in [-0.3, -0.25) is 4.79 Å². The van der Waals surface area contributed by atoms with Crippen LogP contribution < -0.4 is 5.32 Å². The molecule has 20 heavy (non-hydrogen) atoms. The number of halogens is 2. The summed E-state index contributed by atoms with van der Waals surface area (Å²) >= 11 is 3.19. The predicted octanol–water partition coefficient (Wildman–Crippen LogP) is 3.58. The lowest BCUT2D eigenvalue weighted by Crippen LogP contribution is -2.28. The maximum atomic E-state index is 13.2. The van der Waals surface area contributed by atoms with Gasteiger partial charge in [-0.1, -0.05) is 30.3 Å². The van der Waals surface area contributed by atoms with Crippen molar-refractivity contribution in [2.75, 3.05) is 0 Å². The number of carbonyl (C=O) groups is 1. The van der Waals surface area contributed by atoms with Crippen LogP contribution in [0.3, 0.4) is 0 Å². The zero-order valence-electron chi connectivity index (χ0n) is 10.3. The van der Waals surface area contributed by atoms with Gasteiger partial charge in [0, 0.05) is 4.47 Å². The molecule has 0 spiro atoms. The molecule has 2 aromatic rings. The summed E-state index contributed by atoms with van der Waals surface area (Å²) in [7, 11) is 0. The Bertz CT molecular complexity index is 667. The van der Waals surface area contributed by atoms with Crippen LogP contribution in [-0.2, 0) is 0 Å². The summed E-state index contributed by atoms with van der Waals surface area (Å²) in [4.78, 5) is 12.1. The molecule has 0 aromatic heterocycles. The van der Waals surface area contributed by atoms with Crippen molar-refractivity contribution in [2.24, 2.45) is 0 Å². The van der Waals surface area contributed by atoms with E-state index >= 15 is 0 Å². The molecule has 0 aliphatic heterocycles. The molecule has 1 unspecified atom stereocenters. The first kappa shape index (κ1) is 14.2. The third kappa shape index (κ3) is 3.22. The number of nitrogens with one attached hydrogen (secondary N) is 1. The van der Waals surface area contributed by atoms with Crippen molar-refractivity contribution in [3.63, 3.8) is 0 Å². The Hall–Kier alpha value is -2.19. The molecule has 0 heterocycles. The van der Waals surface area contributed by atoms with Gasteiger partial charge in [0.25, 0.3) is 5.91 Å². The van der Waals surface area contributed by atoms with Crippen molar-refractivity contribution in [2.45, 2.75) is 6.04 Å². The van der Waals surface area contributed by atoms with Crippen molar-refractivity contribution in [3.05, 3.63) is 69.9 Å². The minimum Gasteiger partial charge on any atom is -0.332 e. The first-order valence-electron chi connectivity index (χ1n) is 5.82. The van der Waals surface area contributed by atoms with Crippen molar-refractivity contribution < 1.29 is 9.18 Å². The molecule has 0 saturated carbocycles. The Kier molecular flexibility index (Phi) is 4.49. The lowest BCUT2D eigenvalue weighted by molar-refractivity contribution is 0.0944. The van der Waals surface area contributed by atoms with Gasteiger partial charge in [-0.15, -0.1) is 0 Å². The molecule has 0 aliphatic rings. The predicted molar refractivity (Wildman–Crippen MR) is 76.4 cm³/mol. The van der Waals surface area contributed by atoms with E-state index in [1.54, 1.807) is 24.3 Å². The SMILES string of the molecule is N#CC(NC(=O)c1cc(F)ccc1Br)c1ccccc1. The molecule has 1 amide bonds. The highest BCUT2D eigenvalue weighted by atomic mass is 79.9. The van der Waals surface area contributed by atoms with E-state index in [4.69, 9.17) is 5.26 Å². The van der Waals surface area contributed by atoms with Crippen LogP contribution in [0.1, 0.15) is 22.0 Å². The standard InChI is InChI=1S/C15H10BrFN2O/c16-13-7-6-11(17)8-12(13)15(20)19-14(9-18)10-4-2-1-3-5-10/h1-8,14H,(H,19,20). The van der Waals surface area contributed by atoms with Gasteiger partial charge in [0.1, 0.15) is 11.9 Å². The second kappa shape index (κ2) is 6.31. The fourth-order valence-corrected chi connectivity index (χ4v) is 2.14. The Labute approximate surface area is 124 Å². The van der Waals surface area contributed by atoms with Gasteiger partial charge >= 0.3 is 0 Å². The molecule has 2 aromatic carbocycles. The van der Waals surface area contributed by atoms with Gasteiger partial charge in [0.05, 0.1) is 11.6 Å². The van der Waals surface area contributed by atoms with E-state index in [9.17, 15) is 9.18 Å². The van der Waals surface area contributed by atoms with Crippen molar-refractivity contribution in [1.82, 2.24) is 5.32 Å². The minimum atomic E-state index is -0.779. The maximum Gasteiger partial charge on any atom is 0.253 e. The highest BCUT2D eigenvalue weighted by Gasteiger charge is 2.17. The van der Waals surface area contributed by atoms with E-state index in [0.29, 0.717) is 10.0 Å². The molecular formula is C15H10BrFN2O. The quantitative estimate of drug-likeness (QED) is 0.933. The average molecular weight is 333 g/mol. The second-order valence-corrected chi connectivity index (χ2v) is 4.92. The summed E-state index contributed by atoms with van der Waals surface area (Å²) in [5.41, 5.74) is 0.831. The molecule has 100 valence electrons. The summed E-state index contributed by atoms with van der Waals surface area (Å²) in [6.07, 6.45) is 0. The van der Waals surface area contributed by atoms with Crippen molar-refractivity contribution in [1.29, 1.82) is 5.26 Å². The van der Waals surface area contributed by atoms with Crippen LogP contribution in [0.15, 0.2) is 53.0 Å². The number of carbonyl (C=O) groups excluding carboxylic acids is 1. The first-order valence-corrected chi connectivity index (χ1v) is 6.61. The molecule has 5 heteroatoms. The van der Waals surface area contributed by atoms with Crippen LogP contribution in [0, 0.1) is 17.1 Å². The van der Waals surface area contributed by atoms with Crippen molar-refractivity contribution in [3.8, 4) is 6.07 Å². The van der Waals surface area contributed by atoms with Crippen LogP contribution in [0.25, 0.3) is 0 Å². The van der Waals surface area contributed by atoms with Crippen LogP contribution in [0.4, 0.5) is 4.39 Å². The Morgan fingerprint density at radius 3 is 2.60 bits per heavy atom. The Balaban J connectivity index is 2.22. The summed E-state index contributed by atoms with van der Waals surface area (Å²) in [6, 6.07) is 13.9. The summed E-state index contributed by atoms with van der Waals surface area (Å²) in [6.45, 7) is 0. The third-order valence-electron chi connectivity index (χ3n) is 2.71. The molecule has 3 nitrogen and oxygen atoms in total. The van der Waals surface area contributed by atoms with Crippen LogP contribution in [0.5, 0.6) is 0 Å². The summed E-state index contributed by atoms with van der Waals surface area (Å²) in [5.74, 6) is -1.02. The highest BCUT2D eigenvalue weighted by molar-refractivity contribution is 9.10. The lowest BCUT2D eigenvalue weighted by atomic mass is 10.1. The van der Waals surface area contributed by atoms with E-state index in [2.05, 4.69) is 21.2 Å². The van der Waals surface area contributed by atoms with Gasteiger partial charge < -0.3 is 5.32 Å². The van der Waals surface area contributed by atoms with E-state index < -0.39 is 17.8 Å². The number of nitriles is 1. The van der Waals surface area contributed by atoms with E-state index in [1.807, 2.05) is 12.1 Å². The molecule has 2 rings (SSSR count). The zero-order chi connectivity index (χ0) is 14.5. The minimum absolute atomic E-state index is 0.154. The van der Waals surface area contributed by atoms with E-state index in [-0.39, 0.29) is 5.56 Å². The van der Waals surface area contributed by atoms with Gasteiger partial charge in [0.15, 0.2) is 0 Å². The normalized spacial score (nSPS) is 11.4. The largest absolute Gasteiger partial charge is 0.332 e. The average Bonchev–Trinajstić information content (AvgIpc) is 2.48. The monoisotopic (exact) mass is 332 g/mol. The van der Waals surface area contributed by atoms with Crippen molar-refractivity contribution >= 4 is 21.8 Å². The fourth-order valence-electron chi connectivity index (χ4n) is 1.72. The van der Waals surface area contributed by atoms with Crippen LogP contribution >= 0.6 is 15.9 Å². The van der Waals surface area contributed by atoms with Gasteiger partial charge in [0.2, 0.25) is 0 Å². The van der Waals surface area contributed by atoms with Gasteiger partial charge in [-0.2, -0.15) is 5.26 Å². The molecule has 0 bridgehead atoms. The number of benzene rings is 2. The smallest absolute Gasteiger partial charge is 0.253 e. The van der Waals surface area contributed by atoms with E-state index in [0.717, 1.165) is 6.07 Å². The van der Waals surface area contributed by atoms with Crippen LogP contribution in [0.2, 0.25) is 0 Å². The molecule has 0 saturated heterocycles. The van der Waals surface area contributed by atoms with Crippen LogP contribution in [-0.4, -0.2) is 5.91 Å². The molecule has 0 fully saturated rings. The topological polar surface area (TPSA) is 52.9 Å². The number of hydrogen-bond acceptors (Lipinski definition) is 2. The molecule has 1 atom stereocenters. The first-order chi connectivity index (χ1) is 9.61. The second-order valence-electron chi connectivity index (χ2n) is 4.07. The molecule has 0 aliphatic carbocycles. The Morgan fingerprint density at radius 2 is 1.95 bits per heavy atom. The number of nitrogens with zero attached hydrogens (tertiary/aromatic N) is 1. The summed E-state index contributed by atoms with van der Waals surface area (Å²) in [5, 5.41) is 11.7.